The van der Waals surface area contributed by atoms with E-state index in [1.165, 1.54) is 5.56 Å². The molecule has 0 radical (unpaired) electrons. The van der Waals surface area contributed by atoms with Crippen molar-refractivity contribution in [3.05, 3.63) is 35.9 Å². The second-order valence-electron chi connectivity index (χ2n) is 5.23. The highest BCUT2D eigenvalue weighted by Gasteiger charge is 2.26. The summed E-state index contributed by atoms with van der Waals surface area (Å²) < 4.78 is 5.45. The van der Waals surface area contributed by atoms with E-state index in [0.29, 0.717) is 18.0 Å². The van der Waals surface area contributed by atoms with Gasteiger partial charge in [-0.05, 0) is 18.9 Å². The van der Waals surface area contributed by atoms with E-state index in [0.717, 1.165) is 30.6 Å². The summed E-state index contributed by atoms with van der Waals surface area (Å²) in [5.41, 5.74) is 1.31. The molecule has 3 rings (SSSR count). The van der Waals surface area contributed by atoms with Gasteiger partial charge in [-0.2, -0.15) is 0 Å². The predicted octanol–water partition coefficient (Wildman–Crippen LogP) is 2.85. The predicted molar refractivity (Wildman–Crippen MR) is 80.6 cm³/mol. The molecule has 0 bridgehead atoms. The third-order valence-corrected chi connectivity index (χ3v) is 4.84. The molecule has 1 aromatic carbocycles. The Morgan fingerprint density at radius 2 is 2.21 bits per heavy atom. The van der Waals surface area contributed by atoms with Gasteiger partial charge in [0.1, 0.15) is 0 Å². The Balaban J connectivity index is 1.60. The largest absolute Gasteiger partial charge is 0.381 e. The molecule has 0 aromatic heterocycles. The third-order valence-electron chi connectivity index (χ3n) is 3.86. The lowest BCUT2D eigenvalue weighted by Crippen LogP contribution is -2.36. The van der Waals surface area contributed by atoms with Gasteiger partial charge in [-0.3, -0.25) is 4.99 Å². The molecule has 2 aliphatic heterocycles. The number of thioether (sulfide) groups is 1. The molecule has 102 valence electrons. The van der Waals surface area contributed by atoms with Crippen molar-refractivity contribution in [2.75, 3.05) is 19.0 Å². The zero-order valence-electron chi connectivity index (χ0n) is 11.2. The van der Waals surface area contributed by atoms with Crippen LogP contribution in [0, 0.1) is 5.92 Å². The zero-order valence-corrected chi connectivity index (χ0v) is 12.0. The number of amidine groups is 1. The van der Waals surface area contributed by atoms with Gasteiger partial charge in [0, 0.05) is 24.3 Å². The Bertz CT molecular complexity index is 443. The number of rotatable bonds is 3. The van der Waals surface area contributed by atoms with Gasteiger partial charge in [0.05, 0.1) is 12.6 Å². The summed E-state index contributed by atoms with van der Waals surface area (Å²) in [5.74, 6) is 1.67. The highest BCUT2D eigenvalue weighted by atomic mass is 32.2. The highest BCUT2D eigenvalue weighted by Crippen LogP contribution is 2.30. The highest BCUT2D eigenvalue weighted by molar-refractivity contribution is 8.14. The van der Waals surface area contributed by atoms with Crippen LogP contribution in [-0.2, 0) is 4.74 Å². The fourth-order valence-electron chi connectivity index (χ4n) is 2.56. The standard InChI is InChI=1S/C15H20N2OS/c1-11(13-7-8-18-9-13)16-15-17-14(10-19-15)12-5-3-2-4-6-12/h2-6,11,13-14H,7-10H2,1H3,(H,16,17). The van der Waals surface area contributed by atoms with Crippen LogP contribution in [0.4, 0.5) is 0 Å². The van der Waals surface area contributed by atoms with E-state index >= 15 is 0 Å². The molecule has 1 N–H and O–H groups in total. The molecule has 4 heteroatoms. The van der Waals surface area contributed by atoms with Crippen molar-refractivity contribution in [3.63, 3.8) is 0 Å². The van der Waals surface area contributed by atoms with Gasteiger partial charge in [0.15, 0.2) is 5.17 Å². The second-order valence-corrected chi connectivity index (χ2v) is 6.24. The summed E-state index contributed by atoms with van der Waals surface area (Å²) in [7, 11) is 0. The Labute approximate surface area is 118 Å². The first-order valence-corrected chi connectivity index (χ1v) is 7.91. The average molecular weight is 276 g/mol. The van der Waals surface area contributed by atoms with E-state index < -0.39 is 0 Å². The van der Waals surface area contributed by atoms with Gasteiger partial charge in [-0.25, -0.2) is 0 Å². The van der Waals surface area contributed by atoms with Gasteiger partial charge >= 0.3 is 0 Å². The topological polar surface area (TPSA) is 33.6 Å². The number of hydrogen-bond donors (Lipinski definition) is 1. The van der Waals surface area contributed by atoms with Crippen LogP contribution in [0.25, 0.3) is 0 Å². The number of hydrogen-bond acceptors (Lipinski definition) is 4. The van der Waals surface area contributed by atoms with E-state index in [-0.39, 0.29) is 0 Å². The Hall–Kier alpha value is -1.00. The number of benzene rings is 1. The fourth-order valence-corrected chi connectivity index (χ4v) is 3.61. The Morgan fingerprint density at radius 3 is 2.95 bits per heavy atom. The maximum atomic E-state index is 5.45. The summed E-state index contributed by atoms with van der Waals surface area (Å²) >= 11 is 1.83. The lowest BCUT2D eigenvalue weighted by atomic mass is 10.0. The van der Waals surface area contributed by atoms with Crippen LogP contribution < -0.4 is 5.32 Å². The first-order chi connectivity index (χ1) is 9.33. The molecule has 0 aliphatic carbocycles. The molecule has 2 heterocycles. The molecule has 0 saturated carbocycles. The van der Waals surface area contributed by atoms with Gasteiger partial charge < -0.3 is 10.1 Å². The molecule has 1 aromatic rings. The molecule has 3 nitrogen and oxygen atoms in total. The summed E-state index contributed by atoms with van der Waals surface area (Å²) in [4.78, 5) is 4.80. The van der Waals surface area contributed by atoms with Crippen LogP contribution in [0.15, 0.2) is 35.3 Å². The quantitative estimate of drug-likeness (QED) is 0.921. The molecule has 1 saturated heterocycles. The van der Waals surface area contributed by atoms with Crippen molar-refractivity contribution < 1.29 is 4.74 Å². The van der Waals surface area contributed by atoms with Crippen molar-refractivity contribution in [2.45, 2.75) is 25.4 Å². The van der Waals surface area contributed by atoms with Crippen molar-refractivity contribution in [1.29, 1.82) is 0 Å². The monoisotopic (exact) mass is 276 g/mol. The smallest absolute Gasteiger partial charge is 0.157 e. The Kier molecular flexibility index (Phi) is 4.09. The van der Waals surface area contributed by atoms with Crippen molar-refractivity contribution in [3.8, 4) is 0 Å². The van der Waals surface area contributed by atoms with Gasteiger partial charge in [0.2, 0.25) is 0 Å². The summed E-state index contributed by atoms with van der Waals surface area (Å²) in [5, 5.41) is 4.64. The lowest BCUT2D eigenvalue weighted by Gasteiger charge is -2.19. The van der Waals surface area contributed by atoms with E-state index in [2.05, 4.69) is 42.6 Å². The molecule has 3 unspecified atom stereocenters. The van der Waals surface area contributed by atoms with Crippen molar-refractivity contribution >= 4 is 16.9 Å². The second kappa shape index (κ2) is 5.97. The zero-order chi connectivity index (χ0) is 13.1. The average Bonchev–Trinajstić information content (AvgIpc) is 3.11. The van der Waals surface area contributed by atoms with E-state index in [1.54, 1.807) is 0 Å². The lowest BCUT2D eigenvalue weighted by molar-refractivity contribution is 0.180. The molecular weight excluding hydrogens is 256 g/mol. The minimum Gasteiger partial charge on any atom is -0.381 e. The van der Waals surface area contributed by atoms with Gasteiger partial charge in [-0.15, -0.1) is 0 Å². The van der Waals surface area contributed by atoms with Gasteiger partial charge in [-0.1, -0.05) is 42.1 Å². The van der Waals surface area contributed by atoms with Crippen LogP contribution in [-0.4, -0.2) is 30.2 Å². The summed E-state index contributed by atoms with van der Waals surface area (Å²) in [6.07, 6.45) is 1.16. The molecule has 3 atom stereocenters. The maximum absolute atomic E-state index is 5.45. The number of ether oxygens (including phenoxy) is 1. The van der Waals surface area contributed by atoms with E-state index in [4.69, 9.17) is 9.73 Å². The molecule has 1 fully saturated rings. The summed E-state index contributed by atoms with van der Waals surface area (Å²) in [6, 6.07) is 11.3. The van der Waals surface area contributed by atoms with Crippen LogP contribution in [0.2, 0.25) is 0 Å². The third kappa shape index (κ3) is 3.12. The van der Waals surface area contributed by atoms with Gasteiger partial charge in [0.25, 0.3) is 0 Å². The van der Waals surface area contributed by atoms with Crippen LogP contribution in [0.1, 0.15) is 24.9 Å². The SMILES string of the molecule is CC(NC1=NC(c2ccccc2)CS1)C1CCOC1. The molecular formula is C15H20N2OS. The van der Waals surface area contributed by atoms with Crippen LogP contribution in [0.5, 0.6) is 0 Å². The minimum absolute atomic E-state index is 0.306. The number of aliphatic imine (C=N–C) groups is 1. The van der Waals surface area contributed by atoms with Crippen molar-refractivity contribution in [1.82, 2.24) is 5.32 Å². The first kappa shape index (κ1) is 13.0. The molecule has 2 aliphatic rings. The fraction of sp³-hybridized carbons (Fsp3) is 0.533. The van der Waals surface area contributed by atoms with Crippen molar-refractivity contribution in [2.24, 2.45) is 10.9 Å². The van der Waals surface area contributed by atoms with E-state index in [9.17, 15) is 0 Å². The number of nitrogens with zero attached hydrogens (tertiary/aromatic N) is 1. The molecule has 0 amide bonds. The Morgan fingerprint density at radius 1 is 1.37 bits per heavy atom. The first-order valence-electron chi connectivity index (χ1n) is 6.93. The normalized spacial score (nSPS) is 28.2. The molecule has 0 spiro atoms. The van der Waals surface area contributed by atoms with Crippen LogP contribution in [0.3, 0.4) is 0 Å². The van der Waals surface area contributed by atoms with E-state index in [1.807, 2.05) is 11.8 Å². The molecule has 19 heavy (non-hydrogen) atoms. The summed E-state index contributed by atoms with van der Waals surface area (Å²) in [6.45, 7) is 4.02. The maximum Gasteiger partial charge on any atom is 0.157 e. The van der Waals surface area contributed by atoms with Crippen LogP contribution >= 0.6 is 11.8 Å². The number of nitrogens with one attached hydrogen (secondary N) is 1. The minimum atomic E-state index is 0.306.